The smallest absolute Gasteiger partial charge is 0.320 e. The Morgan fingerprint density at radius 3 is 2.55 bits per heavy atom. The monoisotopic (exact) mass is 458 g/mol. The third-order valence-corrected chi connectivity index (χ3v) is 6.85. The number of nitrogens with one attached hydrogen (secondary N) is 1. The van der Waals surface area contributed by atoms with Gasteiger partial charge in [0.25, 0.3) is 0 Å². The number of carbonyl (C=O) groups is 1. The molecule has 3 saturated heterocycles. The third kappa shape index (κ3) is 4.37. The molecule has 178 valence electrons. The van der Waals surface area contributed by atoms with Crippen molar-refractivity contribution in [2.45, 2.75) is 12.1 Å². The maximum absolute atomic E-state index is 12.4. The summed E-state index contributed by atoms with van der Waals surface area (Å²) in [5, 5.41) is 7.54. The highest BCUT2D eigenvalue weighted by Crippen LogP contribution is 2.29. The van der Waals surface area contributed by atoms with Crippen molar-refractivity contribution in [2.75, 3.05) is 72.2 Å². The van der Waals surface area contributed by atoms with Gasteiger partial charge in [0.1, 0.15) is 19.4 Å². The average molecular weight is 459 g/mol. The van der Waals surface area contributed by atoms with Crippen LogP contribution in [0.3, 0.4) is 0 Å². The summed E-state index contributed by atoms with van der Waals surface area (Å²) in [4.78, 5) is 27.9. The molecule has 33 heavy (non-hydrogen) atoms. The largest absolute Gasteiger partial charge is 0.378 e. The van der Waals surface area contributed by atoms with Crippen molar-refractivity contribution in [1.29, 1.82) is 0 Å². The lowest BCUT2D eigenvalue weighted by molar-refractivity contribution is -0.973. The molecule has 0 aliphatic carbocycles. The second kappa shape index (κ2) is 9.79. The number of hydrogen-bond donors (Lipinski definition) is 2. The van der Waals surface area contributed by atoms with Crippen LogP contribution in [-0.4, -0.2) is 126 Å². The summed E-state index contributed by atoms with van der Waals surface area (Å²) in [6, 6.07) is -0.251. The van der Waals surface area contributed by atoms with Crippen molar-refractivity contribution in [1.82, 2.24) is 30.2 Å². The number of piperazine rings is 1. The number of morpholine rings is 2. The zero-order valence-electron chi connectivity index (χ0n) is 18.8. The van der Waals surface area contributed by atoms with Crippen LogP contribution in [0.25, 0.3) is 5.70 Å². The number of rotatable bonds is 4. The lowest BCUT2D eigenvalue weighted by atomic mass is 10.0. The molecule has 1 aromatic heterocycles. The van der Waals surface area contributed by atoms with Crippen molar-refractivity contribution in [3.8, 4) is 0 Å². The van der Waals surface area contributed by atoms with Gasteiger partial charge in [-0.15, -0.1) is 5.01 Å². The Labute approximate surface area is 193 Å². The molecule has 4 aliphatic rings. The Bertz CT molecular complexity index is 884. The van der Waals surface area contributed by atoms with Gasteiger partial charge >= 0.3 is 6.41 Å². The van der Waals surface area contributed by atoms with E-state index >= 15 is 0 Å². The summed E-state index contributed by atoms with van der Waals surface area (Å²) in [5.74, 6) is 7.47. The first-order chi connectivity index (χ1) is 16.2. The highest BCUT2D eigenvalue weighted by Gasteiger charge is 2.47. The van der Waals surface area contributed by atoms with E-state index in [1.807, 2.05) is 0 Å². The van der Waals surface area contributed by atoms with E-state index in [4.69, 9.17) is 20.3 Å². The Balaban J connectivity index is 1.52. The van der Waals surface area contributed by atoms with E-state index < -0.39 is 0 Å². The molecule has 1 aromatic rings. The van der Waals surface area contributed by atoms with Crippen LogP contribution < -0.4 is 11.2 Å². The van der Waals surface area contributed by atoms with E-state index in [0.29, 0.717) is 52.0 Å². The van der Waals surface area contributed by atoms with Crippen molar-refractivity contribution in [3.05, 3.63) is 30.4 Å². The number of guanidine groups is 1. The first-order valence-electron chi connectivity index (χ1n) is 11.5. The van der Waals surface area contributed by atoms with E-state index in [0.717, 1.165) is 43.8 Å². The highest BCUT2D eigenvalue weighted by atomic mass is 16.5. The van der Waals surface area contributed by atoms with Gasteiger partial charge in [0.2, 0.25) is 5.96 Å². The maximum Gasteiger partial charge on any atom is 0.320 e. The minimum absolute atomic E-state index is 0.0433. The normalized spacial score (nSPS) is 28.8. The number of aromatic nitrogens is 2. The predicted molar refractivity (Wildman–Crippen MR) is 120 cm³/mol. The van der Waals surface area contributed by atoms with Crippen molar-refractivity contribution < 1.29 is 18.9 Å². The fraction of sp³-hybridized carbons (Fsp3) is 0.619. The van der Waals surface area contributed by atoms with Gasteiger partial charge in [0, 0.05) is 44.1 Å². The molecule has 3 N–H and O–H groups in total. The summed E-state index contributed by atoms with van der Waals surface area (Å²) < 4.78 is 11.4. The van der Waals surface area contributed by atoms with Gasteiger partial charge < -0.3 is 19.7 Å². The summed E-state index contributed by atoms with van der Waals surface area (Å²) in [6.45, 7) is 7.36. The van der Waals surface area contributed by atoms with E-state index in [1.165, 1.54) is 6.33 Å². The third-order valence-electron chi connectivity index (χ3n) is 6.85. The molecule has 5 rings (SSSR count). The van der Waals surface area contributed by atoms with Crippen LogP contribution in [-0.2, 0) is 14.3 Å². The SMILES string of the molecule is NN1C(N2CCOCC2)=NC(c2cncnc2)=CC1C1CNCCN1[N+]1(C=O)CCOCC1. The van der Waals surface area contributed by atoms with Crippen LogP contribution in [0.15, 0.2) is 29.8 Å². The van der Waals surface area contributed by atoms with Crippen LogP contribution in [0.2, 0.25) is 0 Å². The number of amides is 1. The first-order valence-corrected chi connectivity index (χ1v) is 11.5. The number of hydrazine groups is 1. The summed E-state index contributed by atoms with van der Waals surface area (Å²) >= 11 is 0. The number of nitrogens with zero attached hydrogens (tertiary/aromatic N) is 7. The Kier molecular flexibility index (Phi) is 6.62. The number of aliphatic imine (C=N–C) groups is 1. The fourth-order valence-corrected chi connectivity index (χ4v) is 5.05. The molecule has 5 heterocycles. The summed E-state index contributed by atoms with van der Waals surface area (Å²) in [6.07, 6.45) is 8.18. The van der Waals surface area contributed by atoms with E-state index in [9.17, 15) is 4.79 Å². The van der Waals surface area contributed by atoms with Crippen LogP contribution in [0.1, 0.15) is 5.56 Å². The van der Waals surface area contributed by atoms with Gasteiger partial charge in [-0.1, -0.05) is 0 Å². The maximum atomic E-state index is 12.4. The molecular formula is C21H32N9O3+. The molecule has 12 nitrogen and oxygen atoms in total. The second-order valence-electron chi connectivity index (χ2n) is 8.67. The molecule has 12 heteroatoms. The highest BCUT2D eigenvalue weighted by molar-refractivity contribution is 5.89. The van der Waals surface area contributed by atoms with Crippen molar-refractivity contribution in [3.63, 3.8) is 0 Å². The Morgan fingerprint density at radius 1 is 1.09 bits per heavy atom. The lowest BCUT2D eigenvalue weighted by Gasteiger charge is -2.51. The summed E-state index contributed by atoms with van der Waals surface area (Å²) in [7, 11) is 0. The van der Waals surface area contributed by atoms with E-state index in [-0.39, 0.29) is 16.7 Å². The zero-order valence-corrected chi connectivity index (χ0v) is 18.8. The molecule has 0 spiro atoms. The first kappa shape index (κ1) is 22.3. The van der Waals surface area contributed by atoms with E-state index in [1.54, 1.807) is 17.4 Å². The quantitative estimate of drug-likeness (QED) is 0.305. The molecule has 0 bridgehead atoms. The van der Waals surface area contributed by atoms with Crippen LogP contribution in [0.4, 0.5) is 0 Å². The average Bonchev–Trinajstić information content (AvgIpc) is 2.90. The minimum Gasteiger partial charge on any atom is -0.378 e. The number of ether oxygens (including phenoxy) is 2. The van der Waals surface area contributed by atoms with Gasteiger partial charge in [0.05, 0.1) is 50.8 Å². The molecular weight excluding hydrogens is 426 g/mol. The van der Waals surface area contributed by atoms with Crippen molar-refractivity contribution in [2.24, 2.45) is 10.8 Å². The molecule has 0 aromatic carbocycles. The molecule has 3 fully saturated rings. The molecule has 2 atom stereocenters. The Morgan fingerprint density at radius 2 is 1.82 bits per heavy atom. The molecule has 1 amide bonds. The molecule has 0 radical (unpaired) electrons. The molecule has 0 saturated carbocycles. The van der Waals surface area contributed by atoms with Gasteiger partial charge in [-0.3, -0.25) is 5.01 Å². The van der Waals surface area contributed by atoms with Crippen LogP contribution >= 0.6 is 0 Å². The van der Waals surface area contributed by atoms with Gasteiger partial charge in [0.15, 0.2) is 0 Å². The van der Waals surface area contributed by atoms with Crippen LogP contribution in [0, 0.1) is 0 Å². The topological polar surface area (TPSA) is 121 Å². The number of nitrogens with two attached hydrogens (primary N) is 1. The fourth-order valence-electron chi connectivity index (χ4n) is 5.05. The number of carbonyl (C=O) groups excluding carboxylic acids is 1. The molecule has 2 unspecified atom stereocenters. The minimum atomic E-state index is -0.207. The van der Waals surface area contributed by atoms with Crippen LogP contribution in [0.5, 0.6) is 0 Å². The van der Waals surface area contributed by atoms with Crippen molar-refractivity contribution >= 4 is 18.1 Å². The Hall–Kier alpha value is -2.48. The number of hydrogen-bond acceptors (Lipinski definition) is 11. The van der Waals surface area contributed by atoms with Gasteiger partial charge in [-0.25, -0.2) is 25.6 Å². The number of quaternary nitrogens is 1. The summed E-state index contributed by atoms with van der Waals surface area (Å²) in [5.41, 5.74) is 1.62. The van der Waals surface area contributed by atoms with Gasteiger partial charge in [-0.2, -0.15) is 4.59 Å². The predicted octanol–water partition coefficient (Wildman–Crippen LogP) is -1.74. The standard InChI is InChI=1S/C21H32N9O3/c22-29-19(20-14-23-1-2-28(20)30(16-31)5-9-33-10-6-30)11-18(17-12-24-15-25-13-17)26-21(29)27-3-7-32-8-4-27/h11-13,15-16,19-20,23H,1-10,14,22H2/q+1. The zero-order chi connectivity index (χ0) is 22.7. The van der Waals surface area contributed by atoms with Gasteiger partial charge in [-0.05, 0) is 6.08 Å². The lowest BCUT2D eigenvalue weighted by Crippen LogP contribution is -2.75. The molecule has 4 aliphatic heterocycles. The second-order valence-corrected chi connectivity index (χ2v) is 8.67. The van der Waals surface area contributed by atoms with E-state index in [2.05, 4.69) is 31.3 Å².